The van der Waals surface area contributed by atoms with Gasteiger partial charge in [-0.3, -0.25) is 19.2 Å². The molecule has 0 aromatic rings. The summed E-state index contributed by atoms with van der Waals surface area (Å²) in [5.41, 5.74) is 0.348. The molecule has 352 valence electrons. The van der Waals surface area contributed by atoms with Crippen LogP contribution < -0.4 is 5.32 Å². The van der Waals surface area contributed by atoms with E-state index in [0.717, 1.165) is 69.9 Å². The zero-order valence-corrected chi connectivity index (χ0v) is 41.0. The number of ether oxygens (including phenoxy) is 1. The summed E-state index contributed by atoms with van der Waals surface area (Å²) in [5, 5.41) is 17.7. The number of likely N-dealkylation sites (tertiary alicyclic amines) is 1. The highest BCUT2D eigenvalue weighted by molar-refractivity contribution is 5.89. The molecular weight excluding hydrogens is 791 g/mol. The van der Waals surface area contributed by atoms with E-state index in [0.29, 0.717) is 67.0 Å². The number of esters is 1. The van der Waals surface area contributed by atoms with Crippen LogP contribution in [-0.2, 0) is 28.8 Å². The summed E-state index contributed by atoms with van der Waals surface area (Å²) in [7, 11) is 0. The molecule has 8 saturated carbocycles. The van der Waals surface area contributed by atoms with E-state index in [4.69, 9.17) is 9.57 Å². The van der Waals surface area contributed by atoms with Crippen molar-refractivity contribution in [3.63, 3.8) is 0 Å². The first kappa shape index (κ1) is 45.5. The summed E-state index contributed by atoms with van der Waals surface area (Å²) in [6, 6.07) is 0.000758. The van der Waals surface area contributed by atoms with Crippen LogP contribution in [0, 0.1) is 90.7 Å². The zero-order valence-electron chi connectivity index (χ0n) is 41.0. The van der Waals surface area contributed by atoms with Crippen LogP contribution in [0.3, 0.4) is 0 Å². The summed E-state index contributed by atoms with van der Waals surface area (Å²) in [6.07, 6.45) is 15.8. The van der Waals surface area contributed by atoms with Crippen LogP contribution in [0.5, 0.6) is 0 Å². The Bertz CT molecular complexity index is 1910. The Morgan fingerprint density at radius 1 is 0.698 bits per heavy atom. The molecule has 14 atom stereocenters. The summed E-state index contributed by atoms with van der Waals surface area (Å²) in [6.45, 7) is 27.2. The minimum absolute atomic E-state index is 0.000758. The topological polar surface area (TPSA) is 135 Å². The molecule has 9 aliphatic rings. The lowest BCUT2D eigenvalue weighted by Gasteiger charge is -2.73. The van der Waals surface area contributed by atoms with Gasteiger partial charge in [-0.25, -0.2) is 0 Å². The lowest BCUT2D eigenvalue weighted by atomic mass is 9.32. The molecule has 0 aromatic carbocycles. The molecule has 10 heteroatoms. The minimum Gasteiger partial charge on any atom is -0.481 e. The first-order valence-corrected chi connectivity index (χ1v) is 25.6. The maximum absolute atomic E-state index is 15.3. The number of hydrogen-bond donors (Lipinski definition) is 2. The largest absolute Gasteiger partial charge is 0.481 e. The predicted octanol–water partition coefficient (Wildman–Crippen LogP) is 10.1. The van der Waals surface area contributed by atoms with Crippen molar-refractivity contribution in [1.29, 1.82) is 0 Å². The van der Waals surface area contributed by atoms with Gasteiger partial charge in [-0.05, 0) is 159 Å². The smallest absolute Gasteiger partial charge is 0.309 e. The third-order valence-corrected chi connectivity index (χ3v) is 22.7. The van der Waals surface area contributed by atoms with Crippen molar-refractivity contribution in [2.24, 2.45) is 95.8 Å². The second-order valence-corrected chi connectivity index (χ2v) is 26.0. The number of carbonyl (C=O) groups excluding carboxylic acids is 3. The molecular formula is C53H83N3O7. The number of piperidine rings is 1. The number of nitrogens with zero attached hydrogens (tertiary/aromatic N) is 2. The first-order chi connectivity index (χ1) is 29.4. The van der Waals surface area contributed by atoms with Crippen molar-refractivity contribution < 1.29 is 33.9 Å². The van der Waals surface area contributed by atoms with E-state index < -0.39 is 17.3 Å². The van der Waals surface area contributed by atoms with Crippen molar-refractivity contribution in [3.05, 3.63) is 0 Å². The molecule has 8 aliphatic carbocycles. The third-order valence-electron chi connectivity index (χ3n) is 22.7. The van der Waals surface area contributed by atoms with Crippen LogP contribution in [0.2, 0.25) is 0 Å². The Kier molecular flexibility index (Phi) is 10.8. The van der Waals surface area contributed by atoms with Crippen LogP contribution in [0.25, 0.3) is 0 Å². The standard InChI is InChI=1S/C53H83N3O7/c1-12-62-55-31-18-27-56(28-19-31)42(57)34-30-39(47(34,4)5)54-45(61)53-22-15-32(49(8)23-24-49)41(53)33-13-14-38-50(9)20-17-40(63-44(60)36-29-35(43(58)59)46(36,2)3)48(6,7)37(50)16-21-52(38,11)51(33,10)25-26-53/h32-41H,12-30H2,1-11H3,(H,54,61)(H,58,59)/t32-,33-,34-,35+,36-,37+,38-,39-,40+,41-,50+,51-,52-,53+/m1/s1. The Hall–Kier alpha value is -2.65. The minimum atomic E-state index is -0.818. The molecule has 0 unspecified atom stereocenters. The van der Waals surface area contributed by atoms with Gasteiger partial charge in [0.1, 0.15) is 12.7 Å². The van der Waals surface area contributed by atoms with Gasteiger partial charge in [-0.15, -0.1) is 0 Å². The molecule has 9 rings (SSSR count). The Morgan fingerprint density at radius 3 is 2.02 bits per heavy atom. The fraction of sp³-hybridized carbons (Fsp3) is 0.906. The molecule has 10 nitrogen and oxygen atoms in total. The predicted molar refractivity (Wildman–Crippen MR) is 243 cm³/mol. The van der Waals surface area contributed by atoms with Gasteiger partial charge in [-0.1, -0.05) is 74.4 Å². The van der Waals surface area contributed by atoms with Gasteiger partial charge in [0, 0.05) is 43.3 Å². The summed E-state index contributed by atoms with van der Waals surface area (Å²) < 4.78 is 6.48. The summed E-state index contributed by atoms with van der Waals surface area (Å²) in [4.78, 5) is 62.1. The van der Waals surface area contributed by atoms with E-state index in [2.05, 4.69) is 65.9 Å². The maximum atomic E-state index is 15.3. The lowest BCUT2D eigenvalue weighted by molar-refractivity contribution is -0.252. The molecule has 0 bridgehead atoms. The van der Waals surface area contributed by atoms with E-state index in [-0.39, 0.29) is 68.3 Å². The van der Waals surface area contributed by atoms with Gasteiger partial charge in [0.2, 0.25) is 11.8 Å². The van der Waals surface area contributed by atoms with E-state index in [1.807, 2.05) is 25.7 Å². The van der Waals surface area contributed by atoms with E-state index in [1.54, 1.807) is 0 Å². The number of rotatable bonds is 9. The molecule has 1 heterocycles. The number of nitrogens with one attached hydrogen (secondary N) is 1. The quantitative estimate of drug-likeness (QED) is 0.174. The molecule has 9 fully saturated rings. The van der Waals surface area contributed by atoms with Gasteiger partial charge >= 0.3 is 11.9 Å². The van der Waals surface area contributed by atoms with E-state index in [9.17, 15) is 19.5 Å². The van der Waals surface area contributed by atoms with Gasteiger partial charge < -0.3 is 24.9 Å². The van der Waals surface area contributed by atoms with Crippen LogP contribution in [-0.4, -0.2) is 71.3 Å². The normalized spacial score (nSPS) is 46.0. The van der Waals surface area contributed by atoms with Gasteiger partial charge in [0.25, 0.3) is 0 Å². The Balaban J connectivity index is 0.910. The summed E-state index contributed by atoms with van der Waals surface area (Å²) >= 11 is 0. The van der Waals surface area contributed by atoms with Gasteiger partial charge in [0.15, 0.2) is 0 Å². The number of aliphatic carboxylic acids is 1. The van der Waals surface area contributed by atoms with Crippen LogP contribution in [0.1, 0.15) is 179 Å². The first-order valence-electron chi connectivity index (χ1n) is 25.6. The second-order valence-electron chi connectivity index (χ2n) is 26.0. The summed E-state index contributed by atoms with van der Waals surface area (Å²) in [5.74, 6) is 1.01. The highest BCUT2D eigenvalue weighted by Gasteiger charge is 2.74. The fourth-order valence-electron chi connectivity index (χ4n) is 17.8. The van der Waals surface area contributed by atoms with Crippen molar-refractivity contribution in [2.45, 2.75) is 191 Å². The lowest BCUT2D eigenvalue weighted by Crippen LogP contribution is -2.69. The number of hydrogen-bond acceptors (Lipinski definition) is 7. The van der Waals surface area contributed by atoms with Crippen molar-refractivity contribution in [3.8, 4) is 0 Å². The SMILES string of the molecule is CCON=C1CCN(C(=O)[C@H]2C[C@@H](NC(=O)[C@]34CC[C@@H](C5(C)CC5)[C@@H]3[C@H]3CC[C@@H]5[C@@]6(C)CC[C@H](OC(=O)[C@H]7C[C@@H](C(=O)O)C7(C)C)C(C)(C)[C@@H]6CC[C@@]5(C)[C@]3(C)CC4)C2(C)C)CC1. The molecule has 0 spiro atoms. The van der Waals surface area contributed by atoms with E-state index in [1.165, 1.54) is 32.1 Å². The number of fused-ring (bicyclic) bond motifs is 7. The zero-order chi connectivity index (χ0) is 45.5. The molecule has 1 aliphatic heterocycles. The maximum Gasteiger partial charge on any atom is 0.309 e. The van der Waals surface area contributed by atoms with Crippen molar-refractivity contribution in [1.82, 2.24) is 10.2 Å². The van der Waals surface area contributed by atoms with Crippen molar-refractivity contribution in [2.75, 3.05) is 19.7 Å². The fourth-order valence-corrected chi connectivity index (χ4v) is 17.8. The Morgan fingerprint density at radius 2 is 1.40 bits per heavy atom. The van der Waals surface area contributed by atoms with Crippen LogP contribution in [0.15, 0.2) is 5.16 Å². The molecule has 1 saturated heterocycles. The number of amides is 2. The number of carbonyl (C=O) groups is 4. The molecule has 2 amide bonds. The molecule has 0 aromatic heterocycles. The monoisotopic (exact) mass is 874 g/mol. The van der Waals surface area contributed by atoms with E-state index >= 15 is 4.79 Å². The second kappa shape index (κ2) is 14.9. The molecule has 63 heavy (non-hydrogen) atoms. The van der Waals surface area contributed by atoms with Crippen LogP contribution >= 0.6 is 0 Å². The van der Waals surface area contributed by atoms with Crippen LogP contribution in [0.4, 0.5) is 0 Å². The van der Waals surface area contributed by atoms with Crippen molar-refractivity contribution >= 4 is 29.5 Å². The van der Waals surface area contributed by atoms with Gasteiger partial charge in [-0.2, -0.15) is 0 Å². The van der Waals surface area contributed by atoms with Gasteiger partial charge in [0.05, 0.1) is 23.0 Å². The number of carboxylic acids is 1. The molecule has 0 radical (unpaired) electrons. The average Bonchev–Trinajstić information content (AvgIpc) is 3.83. The number of oxime groups is 1. The Labute approximate surface area is 378 Å². The average molecular weight is 874 g/mol. The highest BCUT2D eigenvalue weighted by Crippen LogP contribution is 2.79. The highest BCUT2D eigenvalue weighted by atomic mass is 16.6. The number of carboxylic acid groups (broad SMARTS) is 1. The molecule has 2 N–H and O–H groups in total. The third kappa shape index (κ3) is 6.50.